The van der Waals surface area contributed by atoms with Gasteiger partial charge in [-0.15, -0.1) is 0 Å². The van der Waals surface area contributed by atoms with E-state index in [-0.39, 0.29) is 17.8 Å². The van der Waals surface area contributed by atoms with Crippen molar-refractivity contribution in [3.63, 3.8) is 0 Å². The Balaban J connectivity index is 1.78. The molecule has 2 aromatic carbocycles. The minimum atomic E-state index is -1.35. The Morgan fingerprint density at radius 3 is 2.44 bits per heavy atom. The van der Waals surface area contributed by atoms with Gasteiger partial charge in [-0.05, 0) is 36.6 Å². The third-order valence-electron chi connectivity index (χ3n) is 4.74. The van der Waals surface area contributed by atoms with Crippen LogP contribution in [0.4, 0.5) is 0 Å². The number of hydrogen-bond donors (Lipinski definition) is 3. The maximum absolute atomic E-state index is 12.3. The number of carbonyl (C=O) groups excluding carboxylic acids is 1. The van der Waals surface area contributed by atoms with E-state index in [2.05, 4.69) is 5.32 Å². The number of fused-ring (bicyclic) bond motifs is 1. The Bertz CT molecular complexity index is 1200. The zero-order valence-electron chi connectivity index (χ0n) is 17.1. The van der Waals surface area contributed by atoms with E-state index in [1.165, 1.54) is 19.1 Å². The molecule has 0 aliphatic heterocycles. The number of nitrogens with one attached hydrogen (secondary N) is 1. The SMILES string of the molecule is C[C@@H](Oc1ccc2c(-c3ccccc3)cc(=O)oc2c1)C(=O)N[C@@H](CCC(=O)O)C(=O)O. The van der Waals surface area contributed by atoms with Crippen LogP contribution >= 0.6 is 0 Å². The molecule has 0 radical (unpaired) electrons. The lowest BCUT2D eigenvalue weighted by atomic mass is 10.0. The highest BCUT2D eigenvalue weighted by Crippen LogP contribution is 2.29. The van der Waals surface area contributed by atoms with Crippen LogP contribution in [0.2, 0.25) is 0 Å². The molecule has 3 rings (SSSR count). The summed E-state index contributed by atoms with van der Waals surface area (Å²) in [5.74, 6) is -2.98. The average Bonchev–Trinajstić information content (AvgIpc) is 2.75. The zero-order chi connectivity index (χ0) is 23.3. The first-order chi connectivity index (χ1) is 15.2. The van der Waals surface area contributed by atoms with Crippen LogP contribution in [0.1, 0.15) is 19.8 Å². The number of hydrogen-bond acceptors (Lipinski definition) is 6. The van der Waals surface area contributed by atoms with Gasteiger partial charge in [0.1, 0.15) is 17.4 Å². The van der Waals surface area contributed by atoms with E-state index in [9.17, 15) is 24.3 Å². The number of amides is 1. The molecule has 0 unspecified atom stereocenters. The Morgan fingerprint density at radius 1 is 1.06 bits per heavy atom. The first kappa shape index (κ1) is 22.5. The van der Waals surface area contributed by atoms with Gasteiger partial charge in [-0.1, -0.05) is 30.3 Å². The van der Waals surface area contributed by atoms with Gasteiger partial charge in [0, 0.05) is 23.9 Å². The van der Waals surface area contributed by atoms with Gasteiger partial charge in [0.05, 0.1) is 0 Å². The number of ether oxygens (including phenoxy) is 1. The van der Waals surface area contributed by atoms with E-state index in [0.717, 1.165) is 5.56 Å². The van der Waals surface area contributed by atoms with Crippen LogP contribution in [0.25, 0.3) is 22.1 Å². The van der Waals surface area contributed by atoms with Crippen LogP contribution in [0, 0.1) is 0 Å². The third-order valence-corrected chi connectivity index (χ3v) is 4.74. The highest BCUT2D eigenvalue weighted by Gasteiger charge is 2.24. The molecule has 3 aromatic rings. The molecule has 166 valence electrons. The van der Waals surface area contributed by atoms with Gasteiger partial charge in [-0.3, -0.25) is 9.59 Å². The van der Waals surface area contributed by atoms with E-state index >= 15 is 0 Å². The number of rotatable bonds is 9. The minimum Gasteiger partial charge on any atom is -0.481 e. The fourth-order valence-electron chi connectivity index (χ4n) is 3.14. The maximum atomic E-state index is 12.3. The molecule has 2 atom stereocenters. The maximum Gasteiger partial charge on any atom is 0.336 e. The summed E-state index contributed by atoms with van der Waals surface area (Å²) >= 11 is 0. The van der Waals surface area contributed by atoms with Gasteiger partial charge in [0.2, 0.25) is 0 Å². The first-order valence-corrected chi connectivity index (χ1v) is 9.79. The van der Waals surface area contributed by atoms with E-state index in [4.69, 9.17) is 14.3 Å². The number of carbonyl (C=O) groups is 3. The summed E-state index contributed by atoms with van der Waals surface area (Å²) < 4.78 is 10.9. The fourth-order valence-corrected chi connectivity index (χ4v) is 3.14. The molecule has 3 N–H and O–H groups in total. The van der Waals surface area contributed by atoms with Crippen molar-refractivity contribution in [2.24, 2.45) is 0 Å². The average molecular weight is 439 g/mol. The van der Waals surface area contributed by atoms with E-state index in [0.29, 0.717) is 10.9 Å². The standard InChI is InChI=1S/C23H21NO8/c1-13(22(28)24-18(23(29)30)9-10-20(25)26)31-15-7-8-16-17(14-5-3-2-4-6-14)12-21(27)32-19(16)11-15/h2-8,11-13,18H,9-10H2,1H3,(H,24,28)(H,25,26)(H,29,30)/t13-,18+/m1/s1. The van der Waals surface area contributed by atoms with E-state index < -0.39 is 42.0 Å². The predicted molar refractivity (Wildman–Crippen MR) is 114 cm³/mol. The normalized spacial score (nSPS) is 12.7. The minimum absolute atomic E-state index is 0.242. The lowest BCUT2D eigenvalue weighted by Gasteiger charge is -2.18. The van der Waals surface area contributed by atoms with Crippen molar-refractivity contribution in [3.05, 3.63) is 65.0 Å². The Kier molecular flexibility index (Phi) is 6.89. The summed E-state index contributed by atoms with van der Waals surface area (Å²) in [6, 6.07) is 14.2. The van der Waals surface area contributed by atoms with Crippen molar-refractivity contribution in [1.82, 2.24) is 5.32 Å². The number of carboxylic acid groups (broad SMARTS) is 2. The lowest BCUT2D eigenvalue weighted by molar-refractivity contribution is -0.144. The van der Waals surface area contributed by atoms with Gasteiger partial charge < -0.3 is 24.7 Å². The molecule has 9 nitrogen and oxygen atoms in total. The quantitative estimate of drug-likeness (QED) is 0.432. The molecule has 0 bridgehead atoms. The highest BCUT2D eigenvalue weighted by molar-refractivity contribution is 5.94. The molecule has 0 spiro atoms. The van der Waals surface area contributed by atoms with Crippen LogP contribution in [0.15, 0.2) is 63.8 Å². The van der Waals surface area contributed by atoms with Gasteiger partial charge in [0.25, 0.3) is 5.91 Å². The fraction of sp³-hybridized carbons (Fsp3) is 0.217. The van der Waals surface area contributed by atoms with Crippen molar-refractivity contribution in [2.75, 3.05) is 0 Å². The Hall–Kier alpha value is -4.14. The van der Waals surface area contributed by atoms with Crippen LogP contribution in [-0.4, -0.2) is 40.2 Å². The largest absolute Gasteiger partial charge is 0.481 e. The molecule has 1 aromatic heterocycles. The zero-order valence-corrected chi connectivity index (χ0v) is 17.1. The van der Waals surface area contributed by atoms with Crippen LogP contribution in [0.5, 0.6) is 5.75 Å². The van der Waals surface area contributed by atoms with Crippen LogP contribution in [-0.2, 0) is 14.4 Å². The predicted octanol–water partition coefficient (Wildman–Crippen LogP) is 2.66. The topological polar surface area (TPSA) is 143 Å². The first-order valence-electron chi connectivity index (χ1n) is 9.79. The number of aliphatic carboxylic acids is 2. The Morgan fingerprint density at radius 2 is 1.78 bits per heavy atom. The van der Waals surface area contributed by atoms with Gasteiger partial charge in [-0.2, -0.15) is 0 Å². The second-order valence-corrected chi connectivity index (χ2v) is 7.10. The summed E-state index contributed by atoms with van der Waals surface area (Å²) in [5, 5.41) is 20.8. The molecule has 1 amide bonds. The molecular formula is C23H21NO8. The molecular weight excluding hydrogens is 418 g/mol. The smallest absolute Gasteiger partial charge is 0.336 e. The van der Waals surface area contributed by atoms with Crippen molar-refractivity contribution in [2.45, 2.75) is 31.9 Å². The molecule has 0 aliphatic rings. The highest BCUT2D eigenvalue weighted by atomic mass is 16.5. The third kappa shape index (κ3) is 5.51. The van der Waals surface area contributed by atoms with Crippen LogP contribution in [0.3, 0.4) is 0 Å². The van der Waals surface area contributed by atoms with Crippen molar-refractivity contribution >= 4 is 28.8 Å². The second kappa shape index (κ2) is 9.78. The molecule has 0 aliphatic carbocycles. The van der Waals surface area contributed by atoms with Gasteiger partial charge in [-0.25, -0.2) is 9.59 Å². The summed E-state index contributed by atoms with van der Waals surface area (Å²) in [4.78, 5) is 46.3. The van der Waals surface area contributed by atoms with Gasteiger partial charge in [0.15, 0.2) is 6.10 Å². The van der Waals surface area contributed by atoms with E-state index in [1.54, 1.807) is 12.1 Å². The van der Waals surface area contributed by atoms with E-state index in [1.807, 2.05) is 30.3 Å². The lowest BCUT2D eigenvalue weighted by Crippen LogP contribution is -2.46. The van der Waals surface area contributed by atoms with Crippen molar-refractivity contribution in [3.8, 4) is 16.9 Å². The molecule has 1 heterocycles. The number of benzene rings is 2. The molecule has 0 saturated heterocycles. The van der Waals surface area contributed by atoms with Crippen LogP contribution < -0.4 is 15.7 Å². The summed E-state index contributed by atoms with van der Waals surface area (Å²) in [6.07, 6.45) is -1.74. The van der Waals surface area contributed by atoms with Gasteiger partial charge >= 0.3 is 17.6 Å². The molecule has 32 heavy (non-hydrogen) atoms. The Labute approximate surface area is 182 Å². The molecule has 9 heteroatoms. The summed E-state index contributed by atoms with van der Waals surface area (Å²) in [5.41, 5.74) is 1.26. The second-order valence-electron chi connectivity index (χ2n) is 7.10. The number of carboxylic acids is 2. The molecule has 0 fully saturated rings. The van der Waals surface area contributed by atoms with Crippen molar-refractivity contribution in [1.29, 1.82) is 0 Å². The summed E-state index contributed by atoms with van der Waals surface area (Å²) in [6.45, 7) is 1.42. The monoisotopic (exact) mass is 439 g/mol. The summed E-state index contributed by atoms with van der Waals surface area (Å²) in [7, 11) is 0. The van der Waals surface area contributed by atoms with Crippen molar-refractivity contribution < 1.29 is 33.8 Å². The molecule has 0 saturated carbocycles.